The van der Waals surface area contributed by atoms with Crippen molar-refractivity contribution in [2.45, 2.75) is 11.3 Å². The molecule has 1 N–H and O–H groups in total. The van der Waals surface area contributed by atoms with Crippen LogP contribution in [0.15, 0.2) is 71.6 Å². The molecule has 31 heavy (non-hydrogen) atoms. The van der Waals surface area contributed by atoms with Gasteiger partial charge in [-0.1, -0.05) is 24.3 Å². The summed E-state index contributed by atoms with van der Waals surface area (Å²) >= 11 is 1.62. The van der Waals surface area contributed by atoms with Gasteiger partial charge < -0.3 is 4.74 Å². The Kier molecular flexibility index (Phi) is 5.57. The maximum atomic E-state index is 12.7. The van der Waals surface area contributed by atoms with E-state index in [1.165, 1.54) is 19.2 Å². The monoisotopic (exact) mass is 455 g/mol. The van der Waals surface area contributed by atoms with Gasteiger partial charge in [0.15, 0.2) is 5.75 Å². The van der Waals surface area contributed by atoms with Crippen molar-refractivity contribution in [2.75, 3.05) is 11.8 Å². The molecule has 0 amide bonds. The van der Waals surface area contributed by atoms with Gasteiger partial charge in [-0.3, -0.25) is 14.8 Å². The van der Waals surface area contributed by atoms with Crippen LogP contribution in [-0.4, -0.2) is 25.4 Å². The number of hydrogen-bond acceptors (Lipinski definition) is 7. The Hall–Kier alpha value is -3.50. The fraction of sp³-hybridized carbons (Fsp3) is 0.0952. The Labute approximate surface area is 182 Å². The van der Waals surface area contributed by atoms with E-state index >= 15 is 0 Å². The molecular formula is C21H17N3O5S2. The number of ether oxygens (including phenoxy) is 1. The van der Waals surface area contributed by atoms with E-state index in [-0.39, 0.29) is 10.6 Å². The minimum atomic E-state index is -4.00. The average Bonchev–Trinajstić information content (AvgIpc) is 3.16. The first-order valence-corrected chi connectivity index (χ1v) is 11.4. The minimum absolute atomic E-state index is 0.0110. The summed E-state index contributed by atoms with van der Waals surface area (Å²) in [6, 6.07) is 18.4. The molecule has 0 saturated carbocycles. The molecule has 0 aliphatic rings. The van der Waals surface area contributed by atoms with Crippen LogP contribution in [0.3, 0.4) is 0 Å². The van der Waals surface area contributed by atoms with Crippen molar-refractivity contribution in [1.82, 2.24) is 4.98 Å². The fourth-order valence-electron chi connectivity index (χ4n) is 3.05. The van der Waals surface area contributed by atoms with Crippen LogP contribution >= 0.6 is 11.3 Å². The third-order valence-corrected chi connectivity index (χ3v) is 6.97. The molecule has 0 aliphatic heterocycles. The highest BCUT2D eigenvalue weighted by Crippen LogP contribution is 2.30. The molecule has 10 heteroatoms. The van der Waals surface area contributed by atoms with E-state index in [9.17, 15) is 18.5 Å². The third kappa shape index (κ3) is 4.49. The number of nitro groups is 1. The predicted octanol–water partition coefficient (Wildman–Crippen LogP) is 4.60. The van der Waals surface area contributed by atoms with Gasteiger partial charge >= 0.3 is 5.69 Å². The standard InChI is InChI=1S/C21H17N3O5S2/c1-29-19-11-10-16(13-18(19)24(25)26)31(27,28)23-15-8-6-14(7-9-15)12-21-22-17-4-2-3-5-20(17)30-21/h2-11,13,23H,12H2,1H3. The van der Waals surface area contributed by atoms with E-state index in [1.807, 2.05) is 36.4 Å². The topological polar surface area (TPSA) is 111 Å². The number of aromatic nitrogens is 1. The van der Waals surface area contributed by atoms with Gasteiger partial charge in [0, 0.05) is 18.2 Å². The molecule has 8 nitrogen and oxygen atoms in total. The van der Waals surface area contributed by atoms with Gasteiger partial charge in [-0.05, 0) is 42.0 Å². The number of thiazole rings is 1. The van der Waals surface area contributed by atoms with Gasteiger partial charge in [-0.2, -0.15) is 0 Å². The number of methoxy groups -OCH3 is 1. The molecule has 0 fully saturated rings. The van der Waals surface area contributed by atoms with Crippen LogP contribution in [0.25, 0.3) is 10.2 Å². The summed E-state index contributed by atoms with van der Waals surface area (Å²) in [6.07, 6.45) is 0.636. The highest BCUT2D eigenvalue weighted by atomic mass is 32.2. The van der Waals surface area contributed by atoms with E-state index in [2.05, 4.69) is 9.71 Å². The van der Waals surface area contributed by atoms with Gasteiger partial charge in [0.05, 0.1) is 32.2 Å². The van der Waals surface area contributed by atoms with E-state index in [0.29, 0.717) is 12.1 Å². The number of hydrogen-bond donors (Lipinski definition) is 1. The lowest BCUT2D eigenvalue weighted by Crippen LogP contribution is -2.13. The SMILES string of the molecule is COc1ccc(S(=O)(=O)Nc2ccc(Cc3nc4ccccc4s3)cc2)cc1[N+](=O)[O-]. The zero-order chi connectivity index (χ0) is 22.0. The van der Waals surface area contributed by atoms with Gasteiger partial charge in [0.1, 0.15) is 0 Å². The van der Waals surface area contributed by atoms with Gasteiger partial charge in [-0.25, -0.2) is 13.4 Å². The summed E-state index contributed by atoms with van der Waals surface area (Å²) in [5.41, 5.74) is 1.88. The average molecular weight is 456 g/mol. The van der Waals surface area contributed by atoms with Crippen LogP contribution in [-0.2, 0) is 16.4 Å². The largest absolute Gasteiger partial charge is 0.490 e. The molecule has 0 radical (unpaired) electrons. The second-order valence-electron chi connectivity index (χ2n) is 6.65. The van der Waals surface area contributed by atoms with Crippen molar-refractivity contribution >= 4 is 43.0 Å². The Morgan fingerprint density at radius 3 is 2.52 bits per heavy atom. The van der Waals surface area contributed by atoms with Crippen molar-refractivity contribution in [3.8, 4) is 5.75 Å². The quantitative estimate of drug-likeness (QED) is 0.322. The maximum Gasteiger partial charge on any atom is 0.312 e. The summed E-state index contributed by atoms with van der Waals surface area (Å²) in [6.45, 7) is 0. The van der Waals surface area contributed by atoms with E-state index in [0.717, 1.165) is 26.9 Å². The zero-order valence-corrected chi connectivity index (χ0v) is 17.9. The second-order valence-corrected chi connectivity index (χ2v) is 9.44. The van der Waals surface area contributed by atoms with Crippen molar-refractivity contribution < 1.29 is 18.1 Å². The van der Waals surface area contributed by atoms with Crippen LogP contribution in [0.2, 0.25) is 0 Å². The summed E-state index contributed by atoms with van der Waals surface area (Å²) in [5, 5.41) is 12.1. The number of nitro benzene ring substituents is 1. The van der Waals surface area contributed by atoms with Crippen molar-refractivity contribution in [1.29, 1.82) is 0 Å². The van der Waals surface area contributed by atoms with E-state index in [1.54, 1.807) is 23.5 Å². The van der Waals surface area contributed by atoms with Crippen molar-refractivity contribution in [3.63, 3.8) is 0 Å². The minimum Gasteiger partial charge on any atom is -0.490 e. The van der Waals surface area contributed by atoms with Crippen LogP contribution in [0.4, 0.5) is 11.4 Å². The zero-order valence-electron chi connectivity index (χ0n) is 16.3. The molecule has 0 bridgehead atoms. The Bertz CT molecular complexity index is 1330. The highest BCUT2D eigenvalue weighted by Gasteiger charge is 2.22. The first-order valence-electron chi connectivity index (χ1n) is 9.14. The molecule has 0 unspecified atom stereocenters. The number of anilines is 1. The number of para-hydroxylation sites is 1. The molecule has 0 saturated heterocycles. The number of nitrogens with zero attached hydrogens (tertiary/aromatic N) is 2. The molecule has 158 valence electrons. The molecule has 4 rings (SSSR count). The smallest absolute Gasteiger partial charge is 0.312 e. The second kappa shape index (κ2) is 8.32. The highest BCUT2D eigenvalue weighted by molar-refractivity contribution is 7.92. The van der Waals surface area contributed by atoms with E-state index < -0.39 is 20.6 Å². The normalized spacial score (nSPS) is 11.4. The van der Waals surface area contributed by atoms with Crippen LogP contribution in [0.1, 0.15) is 10.6 Å². The number of benzene rings is 3. The van der Waals surface area contributed by atoms with Crippen molar-refractivity contribution in [3.05, 3.63) is 87.4 Å². The summed E-state index contributed by atoms with van der Waals surface area (Å²) in [4.78, 5) is 14.9. The Morgan fingerprint density at radius 1 is 1.10 bits per heavy atom. The van der Waals surface area contributed by atoms with Gasteiger partial charge in [-0.15, -0.1) is 11.3 Å². The molecule has 3 aromatic carbocycles. The van der Waals surface area contributed by atoms with Crippen LogP contribution in [0, 0.1) is 10.1 Å². The molecule has 0 atom stereocenters. The summed E-state index contributed by atoms with van der Waals surface area (Å²) in [7, 11) is -2.72. The van der Waals surface area contributed by atoms with Crippen molar-refractivity contribution in [2.24, 2.45) is 0 Å². The summed E-state index contributed by atoms with van der Waals surface area (Å²) in [5.74, 6) is -0.0110. The fourth-order valence-corrected chi connectivity index (χ4v) is 5.13. The molecule has 1 aromatic heterocycles. The molecule has 0 aliphatic carbocycles. The van der Waals surface area contributed by atoms with Gasteiger partial charge in [0.25, 0.3) is 10.0 Å². The predicted molar refractivity (Wildman–Crippen MR) is 119 cm³/mol. The molecular weight excluding hydrogens is 438 g/mol. The van der Waals surface area contributed by atoms with Gasteiger partial charge in [0.2, 0.25) is 0 Å². The number of sulfonamides is 1. The lowest BCUT2D eigenvalue weighted by molar-refractivity contribution is -0.386. The number of nitrogens with one attached hydrogen (secondary N) is 1. The Balaban J connectivity index is 1.51. The van der Waals surface area contributed by atoms with Crippen LogP contribution in [0.5, 0.6) is 5.75 Å². The molecule has 4 aromatic rings. The molecule has 1 heterocycles. The third-order valence-electron chi connectivity index (χ3n) is 4.56. The lowest BCUT2D eigenvalue weighted by atomic mass is 10.1. The first-order chi connectivity index (χ1) is 14.9. The number of fused-ring (bicyclic) bond motifs is 1. The first kappa shape index (κ1) is 20.8. The number of rotatable bonds is 7. The van der Waals surface area contributed by atoms with Crippen LogP contribution < -0.4 is 9.46 Å². The lowest BCUT2D eigenvalue weighted by Gasteiger charge is -2.10. The maximum absolute atomic E-state index is 12.7. The Morgan fingerprint density at radius 2 is 1.84 bits per heavy atom. The molecule has 0 spiro atoms. The van der Waals surface area contributed by atoms with E-state index in [4.69, 9.17) is 4.74 Å². The summed E-state index contributed by atoms with van der Waals surface area (Å²) < 4.78 is 33.8.